The van der Waals surface area contributed by atoms with Gasteiger partial charge in [0.25, 0.3) is 0 Å². The van der Waals surface area contributed by atoms with Crippen LogP contribution in [0.15, 0.2) is 54.6 Å². The first kappa shape index (κ1) is 18.7. The van der Waals surface area contributed by atoms with Gasteiger partial charge in [0.1, 0.15) is 0 Å². The Morgan fingerprint density at radius 3 is 2.41 bits per heavy atom. The van der Waals surface area contributed by atoms with Crippen molar-refractivity contribution in [2.75, 3.05) is 46.4 Å². The minimum atomic E-state index is 0.205. The molecule has 1 spiro atoms. The summed E-state index contributed by atoms with van der Waals surface area (Å²) in [5.41, 5.74) is 4.79. The summed E-state index contributed by atoms with van der Waals surface area (Å²) in [6, 6.07) is 20.0. The summed E-state index contributed by atoms with van der Waals surface area (Å²) in [7, 11) is 1.82. The summed E-state index contributed by atoms with van der Waals surface area (Å²) in [5, 5.41) is 0. The van der Waals surface area contributed by atoms with Crippen LogP contribution >= 0.6 is 0 Å². The van der Waals surface area contributed by atoms with E-state index in [1.807, 2.05) is 7.11 Å². The van der Waals surface area contributed by atoms with Crippen LogP contribution in [-0.4, -0.2) is 56.2 Å². The summed E-state index contributed by atoms with van der Waals surface area (Å²) in [4.78, 5) is 5.37. The molecule has 1 saturated heterocycles. The molecule has 0 unspecified atom stereocenters. The molecular formula is C24H32N2O. The van der Waals surface area contributed by atoms with Crippen LogP contribution < -0.4 is 0 Å². The summed E-state index contributed by atoms with van der Waals surface area (Å²) in [5.74, 6) is 0. The summed E-state index contributed by atoms with van der Waals surface area (Å²) in [6.45, 7) is 6.55. The van der Waals surface area contributed by atoms with Crippen molar-refractivity contribution in [1.82, 2.24) is 9.80 Å². The van der Waals surface area contributed by atoms with Gasteiger partial charge in [-0.1, -0.05) is 54.6 Å². The number of benzene rings is 2. The number of ether oxygens (including phenoxy) is 1. The molecule has 1 fully saturated rings. The van der Waals surface area contributed by atoms with Gasteiger partial charge in [0, 0.05) is 45.4 Å². The third kappa shape index (κ3) is 3.96. The summed E-state index contributed by atoms with van der Waals surface area (Å²) in [6.07, 6.45) is 4.77. The lowest BCUT2D eigenvalue weighted by Gasteiger charge is -2.52. The van der Waals surface area contributed by atoms with Crippen molar-refractivity contribution in [1.29, 1.82) is 0 Å². The molecule has 0 N–H and O–H groups in total. The predicted molar refractivity (Wildman–Crippen MR) is 111 cm³/mol. The second-order valence-corrected chi connectivity index (χ2v) is 8.00. The maximum atomic E-state index is 5.42. The van der Waals surface area contributed by atoms with E-state index in [1.54, 1.807) is 11.1 Å². The third-order valence-corrected chi connectivity index (χ3v) is 6.58. The predicted octanol–water partition coefficient (Wildman–Crippen LogP) is 3.72. The Labute approximate surface area is 163 Å². The van der Waals surface area contributed by atoms with Crippen LogP contribution in [0.2, 0.25) is 0 Å². The molecular weight excluding hydrogens is 332 g/mol. The molecule has 144 valence electrons. The average molecular weight is 365 g/mol. The monoisotopic (exact) mass is 364 g/mol. The van der Waals surface area contributed by atoms with Gasteiger partial charge in [-0.15, -0.1) is 0 Å². The number of hydrogen-bond donors (Lipinski definition) is 0. The molecule has 3 nitrogen and oxygen atoms in total. The average Bonchev–Trinajstić information content (AvgIpc) is 2.74. The highest BCUT2D eigenvalue weighted by Gasteiger charge is 2.44. The lowest BCUT2D eigenvalue weighted by molar-refractivity contribution is -0.00502. The molecule has 0 aliphatic carbocycles. The van der Waals surface area contributed by atoms with Gasteiger partial charge in [-0.05, 0) is 42.4 Å². The van der Waals surface area contributed by atoms with E-state index in [0.717, 1.165) is 26.1 Å². The SMILES string of the molecule is COCCN1CCc2ccccc2C12CCN(CCc1ccccc1)CC2. The number of methoxy groups -OCH3 is 1. The fraction of sp³-hybridized carbons (Fsp3) is 0.500. The molecule has 3 heteroatoms. The first-order valence-electron chi connectivity index (χ1n) is 10.4. The molecule has 2 aliphatic heterocycles. The molecule has 2 heterocycles. The van der Waals surface area contributed by atoms with Gasteiger partial charge in [0.05, 0.1) is 6.61 Å². The number of nitrogens with zero attached hydrogens (tertiary/aromatic N) is 2. The van der Waals surface area contributed by atoms with E-state index in [2.05, 4.69) is 64.4 Å². The number of piperidine rings is 1. The lowest BCUT2D eigenvalue weighted by Crippen LogP contribution is -2.57. The van der Waals surface area contributed by atoms with Crippen molar-refractivity contribution >= 4 is 0 Å². The topological polar surface area (TPSA) is 15.7 Å². The minimum absolute atomic E-state index is 0.205. The molecule has 2 aromatic carbocycles. The molecule has 0 atom stereocenters. The quantitative estimate of drug-likeness (QED) is 0.777. The fourth-order valence-electron chi connectivity index (χ4n) is 5.02. The van der Waals surface area contributed by atoms with E-state index in [4.69, 9.17) is 4.74 Å². The van der Waals surface area contributed by atoms with Crippen LogP contribution in [0.5, 0.6) is 0 Å². The standard InChI is InChI=1S/C24H32N2O/c1-27-20-19-26-16-12-22-9-5-6-10-23(22)24(26)13-17-25(18-14-24)15-11-21-7-3-2-4-8-21/h2-10H,11-20H2,1H3. The largest absolute Gasteiger partial charge is 0.383 e. The van der Waals surface area contributed by atoms with E-state index >= 15 is 0 Å². The molecule has 0 amide bonds. The number of likely N-dealkylation sites (tertiary alicyclic amines) is 1. The molecule has 0 radical (unpaired) electrons. The molecule has 0 aromatic heterocycles. The summed E-state index contributed by atoms with van der Waals surface area (Å²) >= 11 is 0. The fourth-order valence-corrected chi connectivity index (χ4v) is 5.02. The van der Waals surface area contributed by atoms with Crippen LogP contribution in [0.3, 0.4) is 0 Å². The molecule has 4 rings (SSSR count). The van der Waals surface area contributed by atoms with Crippen LogP contribution in [-0.2, 0) is 23.1 Å². The van der Waals surface area contributed by atoms with Crippen molar-refractivity contribution in [3.63, 3.8) is 0 Å². The molecule has 0 bridgehead atoms. The van der Waals surface area contributed by atoms with E-state index in [9.17, 15) is 0 Å². The van der Waals surface area contributed by atoms with Gasteiger partial charge in [0.15, 0.2) is 0 Å². The third-order valence-electron chi connectivity index (χ3n) is 6.58. The second-order valence-electron chi connectivity index (χ2n) is 8.00. The van der Waals surface area contributed by atoms with Crippen LogP contribution in [0, 0.1) is 0 Å². The Morgan fingerprint density at radius 2 is 1.63 bits per heavy atom. The smallest absolute Gasteiger partial charge is 0.0590 e. The first-order valence-corrected chi connectivity index (χ1v) is 10.4. The van der Waals surface area contributed by atoms with Gasteiger partial charge >= 0.3 is 0 Å². The maximum Gasteiger partial charge on any atom is 0.0590 e. The minimum Gasteiger partial charge on any atom is -0.383 e. The Bertz CT molecular complexity index is 722. The van der Waals surface area contributed by atoms with Gasteiger partial charge in [-0.3, -0.25) is 4.90 Å². The van der Waals surface area contributed by atoms with Crippen molar-refractivity contribution in [3.05, 3.63) is 71.3 Å². The Morgan fingerprint density at radius 1 is 0.889 bits per heavy atom. The zero-order valence-corrected chi connectivity index (χ0v) is 16.6. The second kappa shape index (κ2) is 8.55. The van der Waals surface area contributed by atoms with Crippen LogP contribution in [0.1, 0.15) is 29.5 Å². The Balaban J connectivity index is 1.46. The van der Waals surface area contributed by atoms with Crippen LogP contribution in [0.25, 0.3) is 0 Å². The van der Waals surface area contributed by atoms with E-state index < -0.39 is 0 Å². The zero-order valence-electron chi connectivity index (χ0n) is 16.6. The van der Waals surface area contributed by atoms with Crippen molar-refractivity contribution < 1.29 is 4.74 Å². The Hall–Kier alpha value is -1.68. The number of rotatable bonds is 6. The molecule has 0 saturated carbocycles. The van der Waals surface area contributed by atoms with E-state index in [1.165, 1.54) is 44.5 Å². The Kier molecular flexibility index (Phi) is 5.92. The molecule has 2 aromatic rings. The van der Waals surface area contributed by atoms with Gasteiger partial charge < -0.3 is 9.64 Å². The summed E-state index contributed by atoms with van der Waals surface area (Å²) < 4.78 is 5.42. The lowest BCUT2D eigenvalue weighted by atomic mass is 9.74. The molecule has 27 heavy (non-hydrogen) atoms. The number of hydrogen-bond acceptors (Lipinski definition) is 3. The number of fused-ring (bicyclic) bond motifs is 2. The van der Waals surface area contributed by atoms with Crippen LogP contribution in [0.4, 0.5) is 0 Å². The van der Waals surface area contributed by atoms with E-state index in [0.29, 0.717) is 0 Å². The normalized spacial score (nSPS) is 19.9. The van der Waals surface area contributed by atoms with Crippen molar-refractivity contribution in [2.45, 2.75) is 31.2 Å². The van der Waals surface area contributed by atoms with Gasteiger partial charge in [-0.25, -0.2) is 0 Å². The highest BCUT2D eigenvalue weighted by molar-refractivity contribution is 5.37. The van der Waals surface area contributed by atoms with Crippen molar-refractivity contribution in [2.24, 2.45) is 0 Å². The maximum absolute atomic E-state index is 5.42. The zero-order chi connectivity index (χ0) is 18.5. The van der Waals surface area contributed by atoms with E-state index in [-0.39, 0.29) is 5.54 Å². The van der Waals surface area contributed by atoms with Gasteiger partial charge in [0.2, 0.25) is 0 Å². The molecule has 2 aliphatic rings. The highest BCUT2D eigenvalue weighted by Crippen LogP contribution is 2.43. The van der Waals surface area contributed by atoms with Crippen molar-refractivity contribution in [3.8, 4) is 0 Å². The first-order chi connectivity index (χ1) is 13.3. The highest BCUT2D eigenvalue weighted by atomic mass is 16.5. The van der Waals surface area contributed by atoms with Gasteiger partial charge in [-0.2, -0.15) is 0 Å².